The van der Waals surface area contributed by atoms with Crippen LogP contribution in [0.2, 0.25) is 0 Å². The van der Waals surface area contributed by atoms with Gasteiger partial charge in [0, 0.05) is 25.5 Å². The summed E-state index contributed by atoms with van der Waals surface area (Å²) in [5, 5.41) is 22.0. The van der Waals surface area contributed by atoms with E-state index in [2.05, 4.69) is 5.10 Å². The lowest BCUT2D eigenvalue weighted by Crippen LogP contribution is -2.39. The Bertz CT molecular complexity index is 449. The number of carboxylic acid groups (broad SMARTS) is 2. The van der Waals surface area contributed by atoms with Crippen LogP contribution < -0.4 is 0 Å². The largest absolute Gasteiger partial charge is 0.480 e. The normalized spacial score (nSPS) is 23.3. The van der Waals surface area contributed by atoms with Crippen LogP contribution >= 0.6 is 0 Å². The molecule has 0 bridgehead atoms. The van der Waals surface area contributed by atoms with Crippen molar-refractivity contribution in [2.24, 2.45) is 13.0 Å². The summed E-state index contributed by atoms with van der Waals surface area (Å²) in [6.45, 7) is 0.261. The Hall–Kier alpha value is -2.05. The molecule has 2 rings (SSSR count). The van der Waals surface area contributed by atoms with Gasteiger partial charge >= 0.3 is 12.1 Å². The average Bonchev–Trinajstić information content (AvgIpc) is 2.87. The lowest BCUT2D eigenvalue weighted by molar-refractivity contribution is -0.141. The minimum Gasteiger partial charge on any atom is -0.480 e. The van der Waals surface area contributed by atoms with E-state index in [0.29, 0.717) is 12.8 Å². The van der Waals surface area contributed by atoms with Crippen LogP contribution in [0.4, 0.5) is 4.79 Å². The fraction of sp³-hybridized carbons (Fsp3) is 0.545. The van der Waals surface area contributed by atoms with Crippen molar-refractivity contribution < 1.29 is 19.8 Å². The number of nitrogens with zero attached hydrogens (tertiary/aromatic N) is 3. The molecule has 0 spiro atoms. The second-order valence-electron chi connectivity index (χ2n) is 4.54. The molecular formula is C11H15N3O4. The van der Waals surface area contributed by atoms with Gasteiger partial charge in [-0.3, -0.25) is 9.58 Å². The molecule has 7 heteroatoms. The number of amides is 1. The van der Waals surface area contributed by atoms with Crippen LogP contribution in [-0.2, 0) is 18.3 Å². The van der Waals surface area contributed by atoms with Crippen molar-refractivity contribution in [3.8, 4) is 0 Å². The zero-order valence-electron chi connectivity index (χ0n) is 9.98. The van der Waals surface area contributed by atoms with Crippen LogP contribution in [0.15, 0.2) is 12.3 Å². The monoisotopic (exact) mass is 253 g/mol. The molecule has 18 heavy (non-hydrogen) atoms. The van der Waals surface area contributed by atoms with E-state index in [9.17, 15) is 9.59 Å². The summed E-state index contributed by atoms with van der Waals surface area (Å²) in [6.07, 6.45) is 1.50. The number of carbonyl (C=O) groups is 2. The Morgan fingerprint density at radius 3 is 2.67 bits per heavy atom. The van der Waals surface area contributed by atoms with E-state index >= 15 is 0 Å². The fourth-order valence-corrected chi connectivity index (χ4v) is 2.41. The smallest absolute Gasteiger partial charge is 0.408 e. The standard InChI is InChI=1S/C11H15N3O4/c1-13-8(2-3-12-13)4-7-5-9(10(15)16)14(6-7)11(17)18/h2-3,7,9H,4-6H2,1H3,(H,15,16)(H,17,18)/t7-,9-/m0/s1. The molecule has 98 valence electrons. The van der Waals surface area contributed by atoms with Gasteiger partial charge < -0.3 is 10.2 Å². The minimum atomic E-state index is -1.17. The van der Waals surface area contributed by atoms with Crippen LogP contribution in [0, 0.1) is 5.92 Å². The van der Waals surface area contributed by atoms with Crippen LogP contribution in [0.1, 0.15) is 12.1 Å². The van der Waals surface area contributed by atoms with E-state index in [0.717, 1.165) is 10.6 Å². The molecule has 1 aromatic heterocycles. The first-order chi connectivity index (χ1) is 8.49. The highest BCUT2D eigenvalue weighted by Crippen LogP contribution is 2.26. The number of rotatable bonds is 3. The molecule has 1 aliphatic rings. The van der Waals surface area contributed by atoms with E-state index in [4.69, 9.17) is 10.2 Å². The summed E-state index contributed by atoms with van der Waals surface area (Å²) in [7, 11) is 1.81. The molecule has 2 heterocycles. The highest BCUT2D eigenvalue weighted by molar-refractivity contribution is 5.80. The first-order valence-corrected chi connectivity index (χ1v) is 5.68. The quantitative estimate of drug-likeness (QED) is 0.813. The first kappa shape index (κ1) is 12.4. The molecule has 7 nitrogen and oxygen atoms in total. The summed E-state index contributed by atoms with van der Waals surface area (Å²) in [5.41, 5.74) is 0.983. The minimum absolute atomic E-state index is 0.0256. The van der Waals surface area contributed by atoms with Crippen molar-refractivity contribution in [1.82, 2.24) is 14.7 Å². The van der Waals surface area contributed by atoms with Crippen LogP contribution in [0.3, 0.4) is 0 Å². The molecule has 1 fully saturated rings. The third kappa shape index (κ3) is 2.29. The molecule has 2 N–H and O–H groups in total. The van der Waals surface area contributed by atoms with Crippen LogP contribution in [0.5, 0.6) is 0 Å². The van der Waals surface area contributed by atoms with Crippen molar-refractivity contribution in [3.63, 3.8) is 0 Å². The van der Waals surface area contributed by atoms with Crippen molar-refractivity contribution in [3.05, 3.63) is 18.0 Å². The summed E-state index contributed by atoms with van der Waals surface area (Å²) >= 11 is 0. The van der Waals surface area contributed by atoms with Gasteiger partial charge in [0.2, 0.25) is 0 Å². The number of likely N-dealkylation sites (tertiary alicyclic amines) is 1. The molecule has 0 aromatic carbocycles. The van der Waals surface area contributed by atoms with Crippen molar-refractivity contribution >= 4 is 12.1 Å². The molecular weight excluding hydrogens is 238 g/mol. The summed E-state index contributed by atoms with van der Waals surface area (Å²) in [6, 6.07) is 0.930. The van der Waals surface area contributed by atoms with E-state index in [1.165, 1.54) is 0 Å². The van der Waals surface area contributed by atoms with E-state index in [1.54, 1.807) is 10.9 Å². The van der Waals surface area contributed by atoms with Gasteiger partial charge in [0.25, 0.3) is 0 Å². The average molecular weight is 253 g/mol. The molecule has 0 aliphatic carbocycles. The Morgan fingerprint density at radius 1 is 1.50 bits per heavy atom. The number of carboxylic acids is 1. The van der Waals surface area contributed by atoms with Gasteiger partial charge in [0.05, 0.1) is 0 Å². The topological polar surface area (TPSA) is 95.7 Å². The molecule has 1 saturated heterocycles. The maximum Gasteiger partial charge on any atom is 0.408 e. The Labute approximate surface area is 104 Å². The van der Waals surface area contributed by atoms with E-state index in [-0.39, 0.29) is 12.5 Å². The predicted octanol–water partition coefficient (Wildman–Crippen LogP) is 0.416. The fourth-order valence-electron chi connectivity index (χ4n) is 2.41. The Kier molecular flexibility index (Phi) is 3.22. The molecule has 2 atom stereocenters. The molecule has 0 saturated carbocycles. The van der Waals surface area contributed by atoms with E-state index in [1.807, 2.05) is 13.1 Å². The van der Waals surface area contributed by atoms with Crippen molar-refractivity contribution in [1.29, 1.82) is 0 Å². The molecule has 1 aliphatic heterocycles. The second kappa shape index (κ2) is 4.67. The number of hydrogen-bond donors (Lipinski definition) is 2. The lowest BCUT2D eigenvalue weighted by Gasteiger charge is -2.16. The molecule has 1 aromatic rings. The van der Waals surface area contributed by atoms with Crippen molar-refractivity contribution in [2.45, 2.75) is 18.9 Å². The number of hydrogen-bond acceptors (Lipinski definition) is 3. The van der Waals surface area contributed by atoms with Gasteiger partial charge in [0.1, 0.15) is 6.04 Å². The SMILES string of the molecule is Cn1nccc1C[C@H]1C[C@@H](C(=O)O)N(C(=O)O)C1. The van der Waals surface area contributed by atoms with Crippen LogP contribution in [-0.4, -0.2) is 49.5 Å². The third-order valence-electron chi connectivity index (χ3n) is 3.34. The zero-order valence-corrected chi connectivity index (χ0v) is 9.98. The van der Waals surface area contributed by atoms with Gasteiger partial charge in [-0.2, -0.15) is 5.10 Å². The van der Waals surface area contributed by atoms with Crippen LogP contribution in [0.25, 0.3) is 0 Å². The summed E-state index contributed by atoms with van der Waals surface area (Å²) in [5.74, 6) is -1.05. The highest BCUT2D eigenvalue weighted by Gasteiger charge is 2.39. The number of aromatic nitrogens is 2. The van der Waals surface area contributed by atoms with Gasteiger partial charge in [-0.15, -0.1) is 0 Å². The number of aliphatic carboxylic acids is 1. The second-order valence-corrected chi connectivity index (χ2v) is 4.54. The zero-order chi connectivity index (χ0) is 13.3. The Morgan fingerprint density at radius 2 is 2.22 bits per heavy atom. The lowest BCUT2D eigenvalue weighted by atomic mass is 10.00. The Balaban J connectivity index is 2.07. The maximum atomic E-state index is 11.0. The third-order valence-corrected chi connectivity index (χ3v) is 3.34. The van der Waals surface area contributed by atoms with Gasteiger partial charge in [-0.1, -0.05) is 0 Å². The number of aryl methyl sites for hydroxylation is 1. The predicted molar refractivity (Wildman–Crippen MR) is 61.2 cm³/mol. The van der Waals surface area contributed by atoms with Gasteiger partial charge in [-0.05, 0) is 24.8 Å². The maximum absolute atomic E-state index is 11.0. The summed E-state index contributed by atoms with van der Waals surface area (Å²) < 4.78 is 1.72. The summed E-state index contributed by atoms with van der Waals surface area (Å²) in [4.78, 5) is 23.0. The van der Waals surface area contributed by atoms with Gasteiger partial charge in [-0.25, -0.2) is 9.59 Å². The van der Waals surface area contributed by atoms with Gasteiger partial charge in [0.15, 0.2) is 0 Å². The van der Waals surface area contributed by atoms with Crippen molar-refractivity contribution in [2.75, 3.05) is 6.54 Å². The van der Waals surface area contributed by atoms with E-state index < -0.39 is 18.1 Å². The molecule has 0 unspecified atom stereocenters. The molecule has 1 amide bonds. The highest BCUT2D eigenvalue weighted by atomic mass is 16.4. The first-order valence-electron chi connectivity index (χ1n) is 5.68. The molecule has 0 radical (unpaired) electrons.